The van der Waals surface area contributed by atoms with Crippen molar-refractivity contribution in [1.29, 1.82) is 0 Å². The summed E-state index contributed by atoms with van der Waals surface area (Å²) in [5.74, 6) is -1.87. The van der Waals surface area contributed by atoms with E-state index in [0.29, 0.717) is 0 Å². The zero-order valence-electron chi connectivity index (χ0n) is 11.7. The van der Waals surface area contributed by atoms with Crippen LogP contribution in [0.4, 0.5) is 4.39 Å². The zero-order valence-corrected chi connectivity index (χ0v) is 12.5. The maximum Gasteiger partial charge on any atom is 0.342 e. The lowest BCUT2D eigenvalue weighted by molar-refractivity contribution is 0.0524. The molecule has 0 bridgehead atoms. The number of esters is 1. The largest absolute Gasteiger partial charge is 0.462 e. The molecule has 0 spiro atoms. The van der Waals surface area contributed by atoms with Crippen LogP contribution in [0.15, 0.2) is 53.4 Å². The van der Waals surface area contributed by atoms with Crippen LogP contribution in [0, 0.1) is 5.82 Å². The van der Waals surface area contributed by atoms with E-state index in [1.807, 2.05) is 0 Å². The van der Waals surface area contributed by atoms with E-state index in [1.165, 1.54) is 36.4 Å². The Hall–Kier alpha value is -2.41. The number of hydrogen-bond acceptors (Lipinski definition) is 5. The first-order chi connectivity index (χ1) is 10.5. The maximum atomic E-state index is 13.6. The Morgan fingerprint density at radius 2 is 1.73 bits per heavy atom. The molecule has 7 heteroatoms. The first kappa shape index (κ1) is 16.0. The Labute approximate surface area is 127 Å². The molecule has 0 amide bonds. The van der Waals surface area contributed by atoms with Crippen LogP contribution in [0.5, 0.6) is 5.75 Å². The normalized spacial score (nSPS) is 11.0. The van der Waals surface area contributed by atoms with E-state index in [9.17, 15) is 17.6 Å². The smallest absolute Gasteiger partial charge is 0.342 e. The molecule has 0 saturated heterocycles. The minimum atomic E-state index is -4.40. The number of ether oxygens (including phenoxy) is 1. The van der Waals surface area contributed by atoms with Gasteiger partial charge in [-0.1, -0.05) is 24.3 Å². The fraction of sp³-hybridized carbons (Fsp3) is 0.133. The average molecular weight is 324 g/mol. The fourth-order valence-electron chi connectivity index (χ4n) is 1.73. The molecule has 0 heterocycles. The number of carbonyl (C=O) groups is 1. The highest BCUT2D eigenvalue weighted by Gasteiger charge is 2.24. The minimum absolute atomic E-state index is 0.0516. The van der Waals surface area contributed by atoms with Gasteiger partial charge in [-0.3, -0.25) is 0 Å². The summed E-state index contributed by atoms with van der Waals surface area (Å²) in [6.07, 6.45) is 0. The summed E-state index contributed by atoms with van der Waals surface area (Å²) >= 11 is 0. The number of benzene rings is 2. The van der Waals surface area contributed by atoms with E-state index >= 15 is 0 Å². The van der Waals surface area contributed by atoms with Gasteiger partial charge in [-0.15, -0.1) is 0 Å². The second kappa shape index (κ2) is 6.57. The number of carbonyl (C=O) groups excluding carboxylic acids is 1. The van der Waals surface area contributed by atoms with Gasteiger partial charge in [0.05, 0.1) is 6.61 Å². The molecule has 5 nitrogen and oxygen atoms in total. The summed E-state index contributed by atoms with van der Waals surface area (Å²) in [6, 6.07) is 10.5. The van der Waals surface area contributed by atoms with E-state index in [-0.39, 0.29) is 17.9 Å². The van der Waals surface area contributed by atoms with Gasteiger partial charge in [-0.2, -0.15) is 8.42 Å². The Balaban J connectivity index is 2.39. The Morgan fingerprint density at radius 1 is 1.09 bits per heavy atom. The number of para-hydroxylation sites is 1. The summed E-state index contributed by atoms with van der Waals surface area (Å²) in [4.78, 5) is 11.2. The van der Waals surface area contributed by atoms with Gasteiger partial charge in [-0.25, -0.2) is 9.18 Å². The second-order valence-electron chi connectivity index (χ2n) is 4.18. The van der Waals surface area contributed by atoms with Crippen LogP contribution in [-0.4, -0.2) is 21.0 Å². The molecule has 2 aromatic carbocycles. The van der Waals surface area contributed by atoms with Crippen LogP contribution in [0.25, 0.3) is 0 Å². The molecule has 116 valence electrons. The highest BCUT2D eigenvalue weighted by molar-refractivity contribution is 7.87. The Kier molecular flexibility index (Phi) is 4.77. The molecule has 0 atom stereocenters. The van der Waals surface area contributed by atoms with E-state index in [4.69, 9.17) is 8.92 Å². The van der Waals surface area contributed by atoms with Gasteiger partial charge in [0.1, 0.15) is 16.3 Å². The molecule has 0 N–H and O–H groups in total. The van der Waals surface area contributed by atoms with Crippen molar-refractivity contribution in [1.82, 2.24) is 0 Å². The molecule has 2 aromatic rings. The van der Waals surface area contributed by atoms with Crippen LogP contribution < -0.4 is 4.18 Å². The predicted molar refractivity (Wildman–Crippen MR) is 76.6 cm³/mol. The van der Waals surface area contributed by atoms with Crippen molar-refractivity contribution in [2.24, 2.45) is 0 Å². The molecule has 0 radical (unpaired) electrons. The summed E-state index contributed by atoms with van der Waals surface area (Å²) in [7, 11) is -4.40. The molecule has 0 aromatic heterocycles. The van der Waals surface area contributed by atoms with Gasteiger partial charge in [0.25, 0.3) is 0 Å². The van der Waals surface area contributed by atoms with Crippen LogP contribution in [0.2, 0.25) is 0 Å². The third-order valence-electron chi connectivity index (χ3n) is 2.69. The highest BCUT2D eigenvalue weighted by Crippen LogP contribution is 2.24. The quantitative estimate of drug-likeness (QED) is 0.625. The van der Waals surface area contributed by atoms with Gasteiger partial charge in [0.15, 0.2) is 5.75 Å². The standard InChI is InChI=1S/C15H13FO5S/c1-2-20-15(17)11-7-3-5-9-13(11)21-22(18,19)14-10-6-4-8-12(14)16/h3-10H,2H2,1H3. The first-order valence-corrected chi connectivity index (χ1v) is 7.81. The summed E-state index contributed by atoms with van der Waals surface area (Å²) in [6.45, 7) is 1.75. The SMILES string of the molecule is CCOC(=O)c1ccccc1OS(=O)(=O)c1ccccc1F. The molecule has 0 aliphatic carbocycles. The fourth-order valence-corrected chi connectivity index (χ4v) is 2.75. The Morgan fingerprint density at radius 3 is 2.41 bits per heavy atom. The van der Waals surface area contributed by atoms with Crippen LogP contribution in [0.3, 0.4) is 0 Å². The van der Waals surface area contributed by atoms with Gasteiger partial charge < -0.3 is 8.92 Å². The van der Waals surface area contributed by atoms with Crippen LogP contribution in [0.1, 0.15) is 17.3 Å². The lowest BCUT2D eigenvalue weighted by Gasteiger charge is -2.11. The molecule has 0 unspecified atom stereocenters. The number of hydrogen-bond donors (Lipinski definition) is 0. The third kappa shape index (κ3) is 3.43. The predicted octanol–water partition coefficient (Wildman–Crippen LogP) is 2.77. The highest BCUT2D eigenvalue weighted by atomic mass is 32.2. The average Bonchev–Trinajstić information content (AvgIpc) is 2.48. The van der Waals surface area contributed by atoms with Crippen molar-refractivity contribution in [3.05, 3.63) is 59.9 Å². The van der Waals surface area contributed by atoms with Gasteiger partial charge in [-0.05, 0) is 31.2 Å². The molecular formula is C15H13FO5S. The first-order valence-electron chi connectivity index (χ1n) is 6.41. The van der Waals surface area contributed by atoms with Gasteiger partial charge in [0.2, 0.25) is 0 Å². The lowest BCUT2D eigenvalue weighted by atomic mass is 10.2. The van der Waals surface area contributed by atoms with Crippen molar-refractivity contribution in [3.8, 4) is 5.75 Å². The Bertz CT molecular complexity index is 786. The molecule has 2 rings (SSSR count). The number of rotatable bonds is 5. The third-order valence-corrected chi connectivity index (χ3v) is 3.96. The maximum absolute atomic E-state index is 13.6. The van der Waals surface area contributed by atoms with Crippen LogP contribution in [-0.2, 0) is 14.9 Å². The monoisotopic (exact) mass is 324 g/mol. The lowest BCUT2D eigenvalue weighted by Crippen LogP contribution is -2.14. The van der Waals surface area contributed by atoms with Gasteiger partial charge in [0, 0.05) is 0 Å². The van der Waals surface area contributed by atoms with Crippen molar-refractivity contribution in [2.75, 3.05) is 6.61 Å². The zero-order chi connectivity index (χ0) is 16.2. The van der Waals surface area contributed by atoms with Crippen LogP contribution >= 0.6 is 0 Å². The molecule has 22 heavy (non-hydrogen) atoms. The molecular weight excluding hydrogens is 311 g/mol. The molecule has 0 aliphatic heterocycles. The topological polar surface area (TPSA) is 69.7 Å². The van der Waals surface area contributed by atoms with Gasteiger partial charge >= 0.3 is 16.1 Å². The van der Waals surface area contributed by atoms with Crippen molar-refractivity contribution < 1.29 is 26.5 Å². The molecule has 0 fully saturated rings. The van der Waals surface area contributed by atoms with Crippen molar-refractivity contribution in [2.45, 2.75) is 11.8 Å². The van der Waals surface area contributed by atoms with E-state index in [1.54, 1.807) is 6.92 Å². The van der Waals surface area contributed by atoms with E-state index in [2.05, 4.69) is 0 Å². The molecule has 0 saturated carbocycles. The number of halogens is 1. The summed E-state index contributed by atoms with van der Waals surface area (Å²) < 4.78 is 47.6. The summed E-state index contributed by atoms with van der Waals surface area (Å²) in [5.41, 5.74) is -0.0516. The second-order valence-corrected chi connectivity index (χ2v) is 5.70. The summed E-state index contributed by atoms with van der Waals surface area (Å²) in [5, 5.41) is 0. The van der Waals surface area contributed by atoms with E-state index < -0.39 is 26.8 Å². The van der Waals surface area contributed by atoms with E-state index in [0.717, 1.165) is 12.1 Å². The van der Waals surface area contributed by atoms with Crippen molar-refractivity contribution in [3.63, 3.8) is 0 Å². The molecule has 0 aliphatic rings. The van der Waals surface area contributed by atoms with Crippen molar-refractivity contribution >= 4 is 16.1 Å². The minimum Gasteiger partial charge on any atom is -0.462 e.